The van der Waals surface area contributed by atoms with Gasteiger partial charge in [-0.25, -0.2) is 9.78 Å². The summed E-state index contributed by atoms with van der Waals surface area (Å²) in [6, 6.07) is 7.49. The van der Waals surface area contributed by atoms with E-state index in [1.165, 1.54) is 21.6 Å². The lowest BCUT2D eigenvalue weighted by Gasteiger charge is -2.39. The Bertz CT molecular complexity index is 969. The molecule has 0 spiro atoms. The van der Waals surface area contributed by atoms with Gasteiger partial charge in [-0.05, 0) is 51.2 Å². The van der Waals surface area contributed by atoms with Crippen molar-refractivity contribution in [2.24, 2.45) is 0 Å². The van der Waals surface area contributed by atoms with Gasteiger partial charge in [0.05, 0.1) is 11.6 Å². The van der Waals surface area contributed by atoms with Crippen LogP contribution in [0.5, 0.6) is 0 Å². The van der Waals surface area contributed by atoms with Crippen molar-refractivity contribution in [2.45, 2.75) is 50.6 Å². The third-order valence-corrected chi connectivity index (χ3v) is 5.99. The Morgan fingerprint density at radius 3 is 2.66 bits per heavy atom. The van der Waals surface area contributed by atoms with Crippen molar-refractivity contribution < 1.29 is 14.3 Å². The molecule has 1 saturated heterocycles. The second-order valence-corrected chi connectivity index (χ2v) is 9.51. The fourth-order valence-corrected chi connectivity index (χ4v) is 4.37. The molecule has 1 fully saturated rings. The van der Waals surface area contributed by atoms with Gasteiger partial charge in [-0.15, -0.1) is 0 Å². The van der Waals surface area contributed by atoms with E-state index in [0.29, 0.717) is 37.3 Å². The van der Waals surface area contributed by atoms with Gasteiger partial charge < -0.3 is 9.64 Å². The van der Waals surface area contributed by atoms with Crippen LogP contribution in [-0.4, -0.2) is 63.4 Å². The molecule has 0 bridgehead atoms. The number of piperidine rings is 1. The summed E-state index contributed by atoms with van der Waals surface area (Å²) in [4.78, 5) is 35.1. The number of anilines is 1. The number of rotatable bonds is 4. The van der Waals surface area contributed by atoms with Crippen molar-refractivity contribution in [2.75, 3.05) is 24.5 Å². The van der Waals surface area contributed by atoms with Gasteiger partial charge in [0.15, 0.2) is 5.37 Å². The highest BCUT2D eigenvalue weighted by molar-refractivity contribution is 8.03. The first-order valence-electron chi connectivity index (χ1n) is 10.4. The van der Waals surface area contributed by atoms with Gasteiger partial charge >= 0.3 is 6.09 Å². The van der Waals surface area contributed by atoms with E-state index in [2.05, 4.69) is 17.1 Å². The van der Waals surface area contributed by atoms with Crippen molar-refractivity contribution in [1.29, 1.82) is 10.5 Å². The average Bonchev–Trinajstić information content (AvgIpc) is 3.25. The standard InChI is InChI=1S/C22H26N6O3S/c1-22(2,3)31-21(30)28(15-18(29)27-11-12-32-19(27)14-24)17-6-9-26(10-7-17)20-16(13-23)5-4-8-25-20/h4-5,8,11-12,17,19H,6-7,9-10,15H2,1-3H3/t19-/m1/s1. The van der Waals surface area contributed by atoms with Crippen LogP contribution in [0.3, 0.4) is 0 Å². The Balaban J connectivity index is 1.73. The third-order valence-electron chi connectivity index (χ3n) is 5.13. The zero-order valence-corrected chi connectivity index (χ0v) is 19.2. The summed E-state index contributed by atoms with van der Waals surface area (Å²) in [7, 11) is 0. The van der Waals surface area contributed by atoms with Crippen LogP contribution >= 0.6 is 11.8 Å². The summed E-state index contributed by atoms with van der Waals surface area (Å²) in [5.41, 5.74) is -0.196. The van der Waals surface area contributed by atoms with Crippen molar-refractivity contribution >= 4 is 29.6 Å². The number of carbonyl (C=O) groups is 2. The molecule has 1 aromatic heterocycles. The predicted octanol–water partition coefficient (Wildman–Crippen LogP) is 3.06. The van der Waals surface area contributed by atoms with Gasteiger partial charge in [0.2, 0.25) is 5.91 Å². The quantitative estimate of drug-likeness (QED) is 0.682. The van der Waals surface area contributed by atoms with Crippen LogP contribution in [0.1, 0.15) is 39.2 Å². The van der Waals surface area contributed by atoms with Crippen LogP contribution in [0.15, 0.2) is 29.9 Å². The minimum Gasteiger partial charge on any atom is -0.444 e. The zero-order valence-electron chi connectivity index (χ0n) is 18.4. The minimum absolute atomic E-state index is 0.171. The first kappa shape index (κ1) is 23.4. The highest BCUT2D eigenvalue weighted by atomic mass is 32.2. The topological polar surface area (TPSA) is 114 Å². The van der Waals surface area contributed by atoms with E-state index in [1.807, 2.05) is 4.90 Å². The van der Waals surface area contributed by atoms with Crippen molar-refractivity contribution in [3.05, 3.63) is 35.5 Å². The summed E-state index contributed by atoms with van der Waals surface area (Å²) in [5.74, 6) is 0.298. The molecule has 0 saturated carbocycles. The van der Waals surface area contributed by atoms with Gasteiger partial charge in [-0.2, -0.15) is 10.5 Å². The van der Waals surface area contributed by atoms with Crippen LogP contribution < -0.4 is 4.90 Å². The number of amides is 2. The molecule has 3 rings (SSSR count). The minimum atomic E-state index is -0.701. The predicted molar refractivity (Wildman–Crippen MR) is 120 cm³/mol. The highest BCUT2D eigenvalue weighted by Gasteiger charge is 2.35. The lowest BCUT2D eigenvalue weighted by Crippen LogP contribution is -2.52. The number of hydrogen-bond donors (Lipinski definition) is 0. The lowest BCUT2D eigenvalue weighted by molar-refractivity contribution is -0.130. The molecule has 2 aliphatic heterocycles. The van der Waals surface area contributed by atoms with E-state index in [4.69, 9.17) is 4.74 Å². The van der Waals surface area contributed by atoms with Crippen LogP contribution in [0.4, 0.5) is 10.6 Å². The third kappa shape index (κ3) is 5.51. The van der Waals surface area contributed by atoms with E-state index in [0.717, 1.165) is 0 Å². The van der Waals surface area contributed by atoms with Crippen LogP contribution in [-0.2, 0) is 9.53 Å². The van der Waals surface area contributed by atoms with Crippen LogP contribution in [0.25, 0.3) is 0 Å². The molecule has 0 radical (unpaired) electrons. The van der Waals surface area contributed by atoms with E-state index < -0.39 is 17.1 Å². The monoisotopic (exact) mass is 454 g/mol. The molecule has 0 unspecified atom stereocenters. The smallest absolute Gasteiger partial charge is 0.411 e. The van der Waals surface area contributed by atoms with Gasteiger partial charge in [-0.1, -0.05) is 11.8 Å². The number of ether oxygens (including phenoxy) is 1. The maximum absolute atomic E-state index is 13.0. The summed E-state index contributed by atoms with van der Waals surface area (Å²) in [5, 5.41) is 19.7. The molecule has 2 amide bonds. The average molecular weight is 455 g/mol. The molecular weight excluding hydrogens is 428 g/mol. The number of aromatic nitrogens is 1. The normalized spacial score (nSPS) is 18.7. The highest BCUT2D eigenvalue weighted by Crippen LogP contribution is 2.27. The molecule has 0 aromatic carbocycles. The second kappa shape index (κ2) is 9.92. The van der Waals surface area contributed by atoms with Crippen molar-refractivity contribution in [3.63, 3.8) is 0 Å². The number of hydrogen-bond acceptors (Lipinski definition) is 8. The van der Waals surface area contributed by atoms with Gasteiger partial charge in [0.1, 0.15) is 24.0 Å². The van der Waals surface area contributed by atoms with E-state index in [1.54, 1.807) is 50.7 Å². The Hall–Kier alpha value is -3.24. The summed E-state index contributed by atoms with van der Waals surface area (Å²) in [6.45, 7) is 6.35. The maximum Gasteiger partial charge on any atom is 0.411 e. The molecule has 2 aliphatic rings. The maximum atomic E-state index is 13.0. The number of thioether (sulfide) groups is 1. The fraction of sp³-hybridized carbons (Fsp3) is 0.500. The van der Waals surface area contributed by atoms with E-state index >= 15 is 0 Å². The van der Waals surface area contributed by atoms with Crippen LogP contribution in [0.2, 0.25) is 0 Å². The SMILES string of the molecule is CC(C)(C)OC(=O)N(CC(=O)N1C=CS[C@@H]1C#N)C1CCN(c2ncccc2C#N)CC1. The molecule has 1 aromatic rings. The van der Waals surface area contributed by atoms with Crippen molar-refractivity contribution in [3.8, 4) is 12.1 Å². The number of nitriles is 2. The fourth-order valence-electron chi connectivity index (χ4n) is 3.64. The molecule has 9 nitrogen and oxygen atoms in total. The van der Waals surface area contributed by atoms with Gasteiger partial charge in [-0.3, -0.25) is 14.6 Å². The first-order valence-corrected chi connectivity index (χ1v) is 11.3. The molecule has 10 heteroatoms. The molecular formula is C22H26N6O3S. The van der Waals surface area contributed by atoms with Gasteiger partial charge in [0.25, 0.3) is 0 Å². The Morgan fingerprint density at radius 1 is 1.31 bits per heavy atom. The summed E-state index contributed by atoms with van der Waals surface area (Å²) in [6.07, 6.45) is 3.87. The Labute approximate surface area is 192 Å². The molecule has 0 aliphatic carbocycles. The molecule has 3 heterocycles. The van der Waals surface area contributed by atoms with E-state index in [-0.39, 0.29) is 18.5 Å². The van der Waals surface area contributed by atoms with E-state index in [9.17, 15) is 20.1 Å². The van der Waals surface area contributed by atoms with Crippen molar-refractivity contribution in [1.82, 2.24) is 14.8 Å². The first-order chi connectivity index (χ1) is 15.2. The van der Waals surface area contributed by atoms with Gasteiger partial charge in [0, 0.05) is 31.5 Å². The summed E-state index contributed by atoms with van der Waals surface area (Å²) < 4.78 is 5.58. The summed E-state index contributed by atoms with van der Waals surface area (Å²) >= 11 is 1.25. The Morgan fingerprint density at radius 2 is 2.03 bits per heavy atom. The number of pyridine rings is 1. The molecule has 0 N–H and O–H groups in total. The zero-order chi connectivity index (χ0) is 23.3. The molecule has 32 heavy (non-hydrogen) atoms. The van der Waals surface area contributed by atoms with Crippen LogP contribution in [0, 0.1) is 22.7 Å². The lowest BCUT2D eigenvalue weighted by atomic mass is 10.0. The molecule has 1 atom stereocenters. The number of carbonyl (C=O) groups excluding carboxylic acids is 2. The Kier molecular flexibility index (Phi) is 7.26. The second-order valence-electron chi connectivity index (χ2n) is 8.52. The molecule has 168 valence electrons. The largest absolute Gasteiger partial charge is 0.444 e. The number of nitrogens with zero attached hydrogens (tertiary/aromatic N) is 6.